The summed E-state index contributed by atoms with van der Waals surface area (Å²) < 4.78 is 0. The summed E-state index contributed by atoms with van der Waals surface area (Å²) in [4.78, 5) is 12.9. The van der Waals surface area contributed by atoms with Crippen LogP contribution in [0.25, 0.3) is 0 Å². The second-order valence-corrected chi connectivity index (χ2v) is 5.03. The van der Waals surface area contributed by atoms with E-state index in [2.05, 4.69) is 32.7 Å². The zero-order valence-corrected chi connectivity index (χ0v) is 10.3. The number of nitrogens with zero attached hydrogens (tertiary/aromatic N) is 1. The van der Waals surface area contributed by atoms with Gasteiger partial charge in [-0.25, -0.2) is 4.79 Å². The van der Waals surface area contributed by atoms with E-state index in [-0.39, 0.29) is 5.54 Å². The topological polar surface area (TPSA) is 40.5 Å². The molecule has 0 amide bonds. The van der Waals surface area contributed by atoms with Gasteiger partial charge in [0.25, 0.3) is 0 Å². The molecule has 0 saturated heterocycles. The molecule has 0 fully saturated rings. The van der Waals surface area contributed by atoms with Gasteiger partial charge in [-0.05, 0) is 45.5 Å². The summed E-state index contributed by atoms with van der Waals surface area (Å²) in [7, 11) is 2.06. The Morgan fingerprint density at radius 1 is 1.25 bits per heavy atom. The molecule has 0 spiro atoms. The minimum absolute atomic E-state index is 0.117. The second-order valence-electron chi connectivity index (χ2n) is 5.03. The lowest BCUT2D eigenvalue weighted by molar-refractivity contribution is 0.0697. The van der Waals surface area contributed by atoms with E-state index < -0.39 is 5.97 Å². The SMILES string of the molecule is CN(Cc1ccc(C(=O)O)cc1)C(C)(C)C. The maximum Gasteiger partial charge on any atom is 0.335 e. The summed E-state index contributed by atoms with van der Waals surface area (Å²) in [5.41, 5.74) is 1.58. The summed E-state index contributed by atoms with van der Waals surface area (Å²) >= 11 is 0. The Balaban J connectivity index is 2.73. The fourth-order valence-corrected chi connectivity index (χ4v) is 1.26. The van der Waals surface area contributed by atoms with Gasteiger partial charge in [-0.2, -0.15) is 0 Å². The molecule has 1 aromatic rings. The molecule has 0 atom stereocenters. The van der Waals surface area contributed by atoms with Gasteiger partial charge in [0.05, 0.1) is 5.56 Å². The van der Waals surface area contributed by atoms with E-state index in [0.29, 0.717) is 5.56 Å². The minimum atomic E-state index is -0.879. The summed E-state index contributed by atoms with van der Waals surface area (Å²) in [6.07, 6.45) is 0. The fraction of sp³-hybridized carbons (Fsp3) is 0.462. The van der Waals surface area contributed by atoms with Gasteiger partial charge in [0.15, 0.2) is 0 Å². The highest BCUT2D eigenvalue weighted by molar-refractivity contribution is 5.87. The highest BCUT2D eigenvalue weighted by Gasteiger charge is 2.16. The molecule has 0 aliphatic carbocycles. The first-order chi connectivity index (χ1) is 7.30. The zero-order valence-electron chi connectivity index (χ0n) is 10.3. The maximum absolute atomic E-state index is 10.7. The Kier molecular flexibility index (Phi) is 3.70. The Morgan fingerprint density at radius 2 is 1.75 bits per heavy atom. The number of benzene rings is 1. The Hall–Kier alpha value is -1.35. The number of carbonyl (C=O) groups is 1. The quantitative estimate of drug-likeness (QED) is 0.853. The average Bonchev–Trinajstić information content (AvgIpc) is 2.17. The van der Waals surface area contributed by atoms with Crippen LogP contribution in [0.15, 0.2) is 24.3 Å². The van der Waals surface area contributed by atoms with Crippen molar-refractivity contribution in [3.63, 3.8) is 0 Å². The van der Waals surface area contributed by atoms with E-state index in [0.717, 1.165) is 12.1 Å². The number of hydrogen-bond acceptors (Lipinski definition) is 2. The standard InChI is InChI=1S/C13H19NO2/c1-13(2,3)14(4)9-10-5-7-11(8-6-10)12(15)16/h5-8H,9H2,1-4H3,(H,15,16). The lowest BCUT2D eigenvalue weighted by atomic mass is 10.1. The first kappa shape index (κ1) is 12.7. The van der Waals surface area contributed by atoms with Crippen LogP contribution in [0.3, 0.4) is 0 Å². The van der Waals surface area contributed by atoms with E-state index in [4.69, 9.17) is 5.11 Å². The van der Waals surface area contributed by atoms with Crippen LogP contribution in [0, 0.1) is 0 Å². The third-order valence-electron chi connectivity index (χ3n) is 2.77. The van der Waals surface area contributed by atoms with Gasteiger partial charge < -0.3 is 5.11 Å². The van der Waals surface area contributed by atoms with Gasteiger partial charge in [-0.1, -0.05) is 12.1 Å². The predicted molar refractivity (Wildman–Crippen MR) is 64.6 cm³/mol. The molecular formula is C13H19NO2. The zero-order chi connectivity index (χ0) is 12.3. The molecule has 0 aliphatic rings. The molecule has 0 bridgehead atoms. The van der Waals surface area contributed by atoms with Crippen LogP contribution >= 0.6 is 0 Å². The van der Waals surface area contributed by atoms with Crippen molar-refractivity contribution >= 4 is 5.97 Å². The molecule has 3 nitrogen and oxygen atoms in total. The van der Waals surface area contributed by atoms with Gasteiger partial charge in [0, 0.05) is 12.1 Å². The highest BCUT2D eigenvalue weighted by Crippen LogP contribution is 2.15. The number of rotatable bonds is 3. The van der Waals surface area contributed by atoms with E-state index in [1.54, 1.807) is 12.1 Å². The van der Waals surface area contributed by atoms with Crippen LogP contribution in [-0.2, 0) is 6.54 Å². The van der Waals surface area contributed by atoms with Crippen LogP contribution in [0.1, 0.15) is 36.7 Å². The molecule has 0 heterocycles. The minimum Gasteiger partial charge on any atom is -0.478 e. The molecule has 0 unspecified atom stereocenters. The molecule has 0 aromatic heterocycles. The molecular weight excluding hydrogens is 202 g/mol. The van der Waals surface area contributed by atoms with Crippen molar-refractivity contribution in [3.8, 4) is 0 Å². The molecule has 1 aromatic carbocycles. The molecule has 0 aliphatic heterocycles. The van der Waals surface area contributed by atoms with Gasteiger partial charge in [0.2, 0.25) is 0 Å². The first-order valence-electron chi connectivity index (χ1n) is 5.34. The van der Waals surface area contributed by atoms with Crippen LogP contribution in [-0.4, -0.2) is 28.6 Å². The summed E-state index contributed by atoms with van der Waals surface area (Å²) in [6, 6.07) is 7.03. The van der Waals surface area contributed by atoms with Gasteiger partial charge >= 0.3 is 5.97 Å². The van der Waals surface area contributed by atoms with Gasteiger partial charge in [-0.3, -0.25) is 4.90 Å². The monoisotopic (exact) mass is 221 g/mol. The van der Waals surface area contributed by atoms with E-state index in [1.807, 2.05) is 12.1 Å². The number of carboxylic acids is 1. The molecule has 0 radical (unpaired) electrons. The Labute approximate surface area is 96.7 Å². The van der Waals surface area contributed by atoms with Crippen LogP contribution in [0.4, 0.5) is 0 Å². The van der Waals surface area contributed by atoms with Crippen molar-refractivity contribution < 1.29 is 9.90 Å². The Morgan fingerprint density at radius 3 is 2.12 bits per heavy atom. The lowest BCUT2D eigenvalue weighted by Crippen LogP contribution is -2.37. The number of carboxylic acid groups (broad SMARTS) is 1. The average molecular weight is 221 g/mol. The maximum atomic E-state index is 10.7. The Bertz CT molecular complexity index is 363. The summed E-state index contributed by atoms with van der Waals surface area (Å²) in [5.74, 6) is -0.879. The lowest BCUT2D eigenvalue weighted by Gasteiger charge is -2.31. The normalized spacial score (nSPS) is 11.8. The van der Waals surface area contributed by atoms with Crippen LogP contribution < -0.4 is 0 Å². The molecule has 16 heavy (non-hydrogen) atoms. The number of hydrogen-bond donors (Lipinski definition) is 1. The second kappa shape index (κ2) is 4.66. The van der Waals surface area contributed by atoms with Crippen molar-refractivity contribution in [2.24, 2.45) is 0 Å². The third kappa shape index (κ3) is 3.35. The number of aromatic carboxylic acids is 1. The van der Waals surface area contributed by atoms with Crippen molar-refractivity contribution in [2.75, 3.05) is 7.05 Å². The van der Waals surface area contributed by atoms with Crippen LogP contribution in [0.5, 0.6) is 0 Å². The summed E-state index contributed by atoms with van der Waals surface area (Å²) in [5, 5.41) is 8.78. The molecule has 1 N–H and O–H groups in total. The predicted octanol–water partition coefficient (Wildman–Crippen LogP) is 2.62. The van der Waals surface area contributed by atoms with Gasteiger partial charge in [-0.15, -0.1) is 0 Å². The smallest absolute Gasteiger partial charge is 0.335 e. The van der Waals surface area contributed by atoms with Crippen LogP contribution in [0.2, 0.25) is 0 Å². The van der Waals surface area contributed by atoms with Crippen molar-refractivity contribution in [1.29, 1.82) is 0 Å². The van der Waals surface area contributed by atoms with Crippen molar-refractivity contribution in [3.05, 3.63) is 35.4 Å². The van der Waals surface area contributed by atoms with Crippen molar-refractivity contribution in [1.82, 2.24) is 4.90 Å². The highest BCUT2D eigenvalue weighted by atomic mass is 16.4. The molecule has 3 heteroatoms. The fourth-order valence-electron chi connectivity index (χ4n) is 1.26. The molecule has 88 valence electrons. The van der Waals surface area contributed by atoms with Gasteiger partial charge in [0.1, 0.15) is 0 Å². The van der Waals surface area contributed by atoms with Crippen molar-refractivity contribution in [2.45, 2.75) is 32.9 Å². The van der Waals surface area contributed by atoms with E-state index in [1.165, 1.54) is 0 Å². The summed E-state index contributed by atoms with van der Waals surface area (Å²) in [6.45, 7) is 7.28. The first-order valence-corrected chi connectivity index (χ1v) is 5.34. The largest absolute Gasteiger partial charge is 0.478 e. The molecule has 0 saturated carbocycles. The molecule has 1 rings (SSSR count). The van der Waals surface area contributed by atoms with E-state index in [9.17, 15) is 4.79 Å². The third-order valence-corrected chi connectivity index (χ3v) is 2.77. The van der Waals surface area contributed by atoms with E-state index >= 15 is 0 Å².